The molecule has 4 aliphatic carbocycles. The topological polar surface area (TPSA) is 47.6 Å². The number of benzene rings is 1. The number of carbonyl (C=O) groups excluding carboxylic acids is 1. The number of fused-ring (bicyclic) bond motifs is 1. The van der Waals surface area contributed by atoms with Crippen molar-refractivity contribution in [2.45, 2.75) is 65.3 Å². The Hall–Kier alpha value is -1.71. The molecule has 1 aromatic rings. The van der Waals surface area contributed by atoms with Crippen molar-refractivity contribution >= 4 is 5.91 Å². The predicted molar refractivity (Wildman–Crippen MR) is 99.0 cm³/mol. The maximum atomic E-state index is 13.4. The van der Waals surface area contributed by atoms with E-state index in [1.807, 2.05) is 18.2 Å². The molecule has 0 aromatic heterocycles. The minimum atomic E-state index is -0.159. The minimum Gasteiger partial charge on any atom is -0.454 e. The van der Waals surface area contributed by atoms with Gasteiger partial charge in [0.25, 0.3) is 0 Å². The van der Waals surface area contributed by atoms with Gasteiger partial charge >= 0.3 is 0 Å². The first-order chi connectivity index (χ1) is 12.3. The molecule has 4 saturated carbocycles. The van der Waals surface area contributed by atoms with E-state index >= 15 is 0 Å². The SMILES string of the molecule is CC(NC(=O)C12CC3CC(C)(CC(C)(C3)C1)C2)c1ccc2c(c1)OCO2. The van der Waals surface area contributed by atoms with Gasteiger partial charge in [0, 0.05) is 0 Å². The lowest BCUT2D eigenvalue weighted by atomic mass is 9.40. The Balaban J connectivity index is 1.37. The zero-order valence-corrected chi connectivity index (χ0v) is 16.1. The van der Waals surface area contributed by atoms with Gasteiger partial charge in [-0.15, -0.1) is 0 Å². The maximum absolute atomic E-state index is 13.4. The molecule has 0 spiro atoms. The molecular weight excluding hydrogens is 326 g/mol. The molecule has 1 heterocycles. The van der Waals surface area contributed by atoms with Crippen LogP contribution in [0.4, 0.5) is 0 Å². The van der Waals surface area contributed by atoms with Crippen molar-refractivity contribution in [1.82, 2.24) is 5.32 Å². The lowest BCUT2D eigenvalue weighted by molar-refractivity contribution is -0.170. The molecule has 6 rings (SSSR count). The third-order valence-electron chi connectivity index (χ3n) is 7.35. The number of carbonyl (C=O) groups is 1. The van der Waals surface area contributed by atoms with Crippen LogP contribution in [0.2, 0.25) is 0 Å². The highest BCUT2D eigenvalue weighted by atomic mass is 16.7. The molecule has 1 aliphatic heterocycles. The molecule has 3 unspecified atom stereocenters. The summed E-state index contributed by atoms with van der Waals surface area (Å²) in [4.78, 5) is 13.4. The highest BCUT2D eigenvalue weighted by Crippen LogP contribution is 2.69. The second-order valence-electron chi connectivity index (χ2n) is 10.2. The van der Waals surface area contributed by atoms with Gasteiger partial charge in [-0.25, -0.2) is 0 Å². The van der Waals surface area contributed by atoms with Gasteiger partial charge in [-0.05, 0) is 79.9 Å². The van der Waals surface area contributed by atoms with Crippen LogP contribution in [0.25, 0.3) is 0 Å². The van der Waals surface area contributed by atoms with Gasteiger partial charge in [0.1, 0.15) is 0 Å². The van der Waals surface area contributed by atoms with Crippen LogP contribution in [0.15, 0.2) is 18.2 Å². The Bertz CT molecular complexity index is 755. The van der Waals surface area contributed by atoms with Gasteiger partial charge in [0.05, 0.1) is 11.5 Å². The second-order valence-corrected chi connectivity index (χ2v) is 10.2. The van der Waals surface area contributed by atoms with Crippen LogP contribution in [0, 0.1) is 22.2 Å². The van der Waals surface area contributed by atoms with Gasteiger partial charge in [-0.2, -0.15) is 0 Å². The van der Waals surface area contributed by atoms with E-state index in [-0.39, 0.29) is 24.2 Å². The molecule has 140 valence electrons. The summed E-state index contributed by atoms with van der Waals surface area (Å²) in [5.74, 6) is 2.56. The summed E-state index contributed by atoms with van der Waals surface area (Å²) in [6, 6.07) is 5.94. The van der Waals surface area contributed by atoms with Gasteiger partial charge in [-0.1, -0.05) is 19.9 Å². The Kier molecular flexibility index (Phi) is 3.28. The lowest BCUT2D eigenvalue weighted by Crippen LogP contribution is -2.60. The maximum Gasteiger partial charge on any atom is 0.231 e. The van der Waals surface area contributed by atoms with Crippen LogP contribution in [0.5, 0.6) is 11.5 Å². The Morgan fingerprint density at radius 3 is 2.46 bits per heavy atom. The van der Waals surface area contributed by atoms with Gasteiger partial charge in [0.15, 0.2) is 11.5 Å². The summed E-state index contributed by atoms with van der Waals surface area (Å²) in [6.45, 7) is 7.18. The van der Waals surface area contributed by atoms with Crippen molar-refractivity contribution in [3.63, 3.8) is 0 Å². The normalized spacial score (nSPS) is 40.5. The second kappa shape index (κ2) is 5.17. The highest BCUT2D eigenvalue weighted by molar-refractivity contribution is 5.83. The largest absolute Gasteiger partial charge is 0.454 e. The molecule has 4 nitrogen and oxygen atoms in total. The third-order valence-corrected chi connectivity index (χ3v) is 7.35. The van der Waals surface area contributed by atoms with E-state index in [1.54, 1.807) is 0 Å². The Labute approximate surface area is 155 Å². The average molecular weight is 355 g/mol. The molecule has 4 bridgehead atoms. The van der Waals surface area contributed by atoms with Gasteiger partial charge in [-0.3, -0.25) is 4.79 Å². The fourth-order valence-electron chi connectivity index (χ4n) is 7.32. The molecule has 4 fully saturated rings. The summed E-state index contributed by atoms with van der Waals surface area (Å²) >= 11 is 0. The molecule has 3 atom stereocenters. The van der Waals surface area contributed by atoms with Crippen molar-refractivity contribution in [3.8, 4) is 11.5 Å². The molecule has 4 heteroatoms. The van der Waals surface area contributed by atoms with Crippen LogP contribution in [-0.4, -0.2) is 12.7 Å². The number of ether oxygens (including phenoxy) is 2. The van der Waals surface area contributed by atoms with Crippen molar-refractivity contribution in [2.75, 3.05) is 6.79 Å². The van der Waals surface area contributed by atoms with Crippen molar-refractivity contribution in [2.24, 2.45) is 22.2 Å². The van der Waals surface area contributed by atoms with Crippen LogP contribution >= 0.6 is 0 Å². The fourth-order valence-corrected chi connectivity index (χ4v) is 7.32. The molecule has 1 N–H and O–H groups in total. The molecule has 1 aromatic carbocycles. The van der Waals surface area contributed by atoms with Crippen LogP contribution in [0.1, 0.15) is 70.9 Å². The van der Waals surface area contributed by atoms with E-state index in [1.165, 1.54) is 19.3 Å². The van der Waals surface area contributed by atoms with E-state index in [9.17, 15) is 4.79 Å². The molecule has 0 radical (unpaired) electrons. The van der Waals surface area contributed by atoms with Crippen LogP contribution < -0.4 is 14.8 Å². The number of rotatable bonds is 3. The molecular formula is C22H29NO3. The molecule has 5 aliphatic rings. The predicted octanol–water partition coefficient (Wildman–Crippen LogP) is 4.59. The summed E-state index contributed by atoms with van der Waals surface area (Å²) < 4.78 is 10.9. The Morgan fingerprint density at radius 2 is 1.77 bits per heavy atom. The summed E-state index contributed by atoms with van der Waals surface area (Å²) in [5, 5.41) is 3.34. The first kappa shape index (κ1) is 16.5. The molecule has 26 heavy (non-hydrogen) atoms. The van der Waals surface area contributed by atoms with E-state index in [2.05, 4.69) is 26.1 Å². The first-order valence-electron chi connectivity index (χ1n) is 9.99. The zero-order chi connectivity index (χ0) is 18.2. The number of hydrogen-bond acceptors (Lipinski definition) is 3. The third kappa shape index (κ3) is 2.44. The molecule has 1 amide bonds. The Morgan fingerprint density at radius 1 is 1.08 bits per heavy atom. The van der Waals surface area contributed by atoms with Crippen LogP contribution in [0.3, 0.4) is 0 Å². The van der Waals surface area contributed by atoms with Crippen molar-refractivity contribution < 1.29 is 14.3 Å². The van der Waals surface area contributed by atoms with Gasteiger partial charge < -0.3 is 14.8 Å². The zero-order valence-electron chi connectivity index (χ0n) is 16.1. The number of hydrogen-bond donors (Lipinski definition) is 1. The van der Waals surface area contributed by atoms with Crippen molar-refractivity contribution in [3.05, 3.63) is 23.8 Å². The highest BCUT2D eigenvalue weighted by Gasteiger charge is 2.62. The van der Waals surface area contributed by atoms with E-state index in [4.69, 9.17) is 9.47 Å². The van der Waals surface area contributed by atoms with E-state index in [0.29, 0.717) is 10.8 Å². The first-order valence-corrected chi connectivity index (χ1v) is 9.99. The number of nitrogens with one attached hydrogen (secondary N) is 1. The summed E-state index contributed by atoms with van der Waals surface area (Å²) in [6.07, 6.45) is 7.13. The number of amides is 1. The van der Waals surface area contributed by atoms with Crippen molar-refractivity contribution in [1.29, 1.82) is 0 Å². The van der Waals surface area contributed by atoms with Crippen LogP contribution in [-0.2, 0) is 4.79 Å². The summed E-state index contributed by atoms with van der Waals surface area (Å²) in [7, 11) is 0. The standard InChI is InChI=1S/C22H29NO3/c1-14(16-4-5-17-18(6-16)26-13-25-17)23-19(24)22-9-15-7-20(2,11-22)10-21(3,8-15)12-22/h4-6,14-15H,7-13H2,1-3H3,(H,23,24). The average Bonchev–Trinajstić information content (AvgIpc) is 2.98. The monoisotopic (exact) mass is 355 g/mol. The smallest absolute Gasteiger partial charge is 0.231 e. The van der Waals surface area contributed by atoms with E-state index < -0.39 is 0 Å². The van der Waals surface area contributed by atoms with Gasteiger partial charge in [0.2, 0.25) is 12.7 Å². The quantitative estimate of drug-likeness (QED) is 0.863. The fraction of sp³-hybridized carbons (Fsp3) is 0.682. The summed E-state index contributed by atoms with van der Waals surface area (Å²) in [5.41, 5.74) is 1.62. The molecule has 0 saturated heterocycles. The lowest BCUT2D eigenvalue weighted by Gasteiger charge is -2.64. The van der Waals surface area contributed by atoms with E-state index in [0.717, 1.165) is 42.2 Å². The minimum absolute atomic E-state index is 0.0226.